The molecule has 0 radical (unpaired) electrons. The largest absolute Gasteiger partial charge is 0.497 e. The molecule has 0 saturated heterocycles. The zero-order valence-electron chi connectivity index (χ0n) is 19.1. The summed E-state index contributed by atoms with van der Waals surface area (Å²) in [6.07, 6.45) is 9.18. The van der Waals surface area contributed by atoms with E-state index in [1.165, 1.54) is 6.42 Å². The first-order valence-electron chi connectivity index (χ1n) is 11.5. The van der Waals surface area contributed by atoms with Gasteiger partial charge in [0, 0.05) is 27.9 Å². The number of carboxylic acids is 1. The molecule has 3 aliphatic rings. The van der Waals surface area contributed by atoms with E-state index >= 15 is 0 Å². The maximum Gasteiger partial charge on any atom is 0.303 e. The third-order valence-electron chi connectivity index (χ3n) is 7.80. The number of nitrogens with one attached hydrogen (secondary N) is 1. The highest BCUT2D eigenvalue weighted by molar-refractivity contribution is 7.17. The fourth-order valence-electron chi connectivity index (χ4n) is 5.74. The summed E-state index contributed by atoms with van der Waals surface area (Å²) < 4.78 is 6.44. The van der Waals surface area contributed by atoms with Gasteiger partial charge in [-0.25, -0.2) is 0 Å². The molecule has 0 unspecified atom stereocenters. The van der Waals surface area contributed by atoms with Gasteiger partial charge in [-0.05, 0) is 73.5 Å². The summed E-state index contributed by atoms with van der Waals surface area (Å²) in [5.74, 6) is 1.70. The predicted octanol–water partition coefficient (Wildman–Crippen LogP) is 5.89. The lowest BCUT2D eigenvalue weighted by Crippen LogP contribution is -2.61. The smallest absolute Gasteiger partial charge is 0.303 e. The second-order valence-corrected chi connectivity index (χ2v) is 10.8. The van der Waals surface area contributed by atoms with Crippen molar-refractivity contribution in [1.29, 1.82) is 0 Å². The predicted molar refractivity (Wildman–Crippen MR) is 128 cm³/mol. The molecule has 5 nitrogen and oxygen atoms in total. The lowest BCUT2D eigenvalue weighted by Gasteiger charge is -2.62. The van der Waals surface area contributed by atoms with Crippen LogP contribution in [-0.4, -0.2) is 30.1 Å². The van der Waals surface area contributed by atoms with Gasteiger partial charge in [0.2, 0.25) is 0 Å². The van der Waals surface area contributed by atoms with Crippen LogP contribution in [0.15, 0.2) is 35.7 Å². The summed E-state index contributed by atoms with van der Waals surface area (Å²) >= 11 is 1.59. The number of amides is 1. The van der Waals surface area contributed by atoms with Crippen LogP contribution in [0, 0.1) is 23.2 Å². The van der Waals surface area contributed by atoms with Crippen LogP contribution in [0.5, 0.6) is 5.75 Å². The number of unbranched alkanes of at least 4 members (excludes halogenated alkanes) is 1. The lowest BCUT2D eigenvalue weighted by atomic mass is 9.44. The number of carbonyl (C=O) groups excluding carboxylic acids is 1. The van der Waals surface area contributed by atoms with E-state index in [1.807, 2.05) is 23.6 Å². The van der Waals surface area contributed by atoms with E-state index < -0.39 is 5.97 Å². The molecule has 1 heterocycles. The van der Waals surface area contributed by atoms with E-state index in [-0.39, 0.29) is 18.4 Å². The fraction of sp³-hybridized carbons (Fsp3) is 0.538. The normalized spacial score (nSPS) is 26.1. The van der Waals surface area contributed by atoms with Crippen LogP contribution in [0.2, 0.25) is 0 Å². The summed E-state index contributed by atoms with van der Waals surface area (Å²) in [6.45, 7) is 4.73. The number of hydrogen-bond donors (Lipinski definition) is 2. The Morgan fingerprint density at radius 1 is 1.28 bits per heavy atom. The number of ether oxygens (including phenoxy) is 1. The molecular weight excluding hydrogens is 422 g/mol. The van der Waals surface area contributed by atoms with Crippen LogP contribution < -0.4 is 10.1 Å². The second-order valence-electron chi connectivity index (χ2n) is 9.84. The molecule has 3 saturated carbocycles. The fourth-order valence-corrected chi connectivity index (χ4v) is 6.66. The second kappa shape index (κ2) is 9.26. The molecule has 4 atom stereocenters. The summed E-state index contributed by atoms with van der Waals surface area (Å²) in [4.78, 5) is 24.0. The van der Waals surface area contributed by atoms with Gasteiger partial charge in [-0.15, -0.1) is 11.3 Å². The Morgan fingerprint density at radius 2 is 2.09 bits per heavy atom. The lowest BCUT2D eigenvalue weighted by molar-refractivity contribution is -0.137. The van der Waals surface area contributed by atoms with E-state index in [2.05, 4.69) is 31.3 Å². The Morgan fingerprint density at radius 3 is 2.81 bits per heavy atom. The molecule has 3 fully saturated rings. The average Bonchev–Trinajstić information content (AvgIpc) is 3.19. The average molecular weight is 456 g/mol. The van der Waals surface area contributed by atoms with Crippen molar-refractivity contribution in [3.63, 3.8) is 0 Å². The molecule has 172 valence electrons. The number of allylic oxidation sites excluding steroid dienone is 2. The van der Waals surface area contributed by atoms with Gasteiger partial charge in [0.15, 0.2) is 0 Å². The number of rotatable bonds is 9. The topological polar surface area (TPSA) is 75.6 Å². The van der Waals surface area contributed by atoms with E-state index in [1.54, 1.807) is 18.4 Å². The molecule has 0 aliphatic heterocycles. The molecule has 1 aromatic heterocycles. The third kappa shape index (κ3) is 4.42. The van der Waals surface area contributed by atoms with Crippen molar-refractivity contribution in [1.82, 2.24) is 5.32 Å². The highest BCUT2D eigenvalue weighted by Gasteiger charge is 2.57. The molecule has 2 bridgehead atoms. The summed E-state index contributed by atoms with van der Waals surface area (Å²) in [7, 11) is 1.64. The summed E-state index contributed by atoms with van der Waals surface area (Å²) in [5, 5.41) is 15.1. The Hall–Kier alpha value is -2.34. The van der Waals surface area contributed by atoms with Crippen molar-refractivity contribution >= 4 is 33.3 Å². The van der Waals surface area contributed by atoms with Crippen LogP contribution in [0.3, 0.4) is 0 Å². The van der Waals surface area contributed by atoms with Crippen LogP contribution in [0.25, 0.3) is 10.1 Å². The monoisotopic (exact) mass is 455 g/mol. The van der Waals surface area contributed by atoms with Gasteiger partial charge < -0.3 is 15.2 Å². The van der Waals surface area contributed by atoms with Gasteiger partial charge in [0.1, 0.15) is 5.75 Å². The van der Waals surface area contributed by atoms with Gasteiger partial charge in [-0.3, -0.25) is 9.59 Å². The zero-order valence-corrected chi connectivity index (χ0v) is 19.9. The minimum atomic E-state index is -0.741. The number of fused-ring (bicyclic) bond motifs is 3. The van der Waals surface area contributed by atoms with Crippen molar-refractivity contribution in [2.45, 2.75) is 58.4 Å². The summed E-state index contributed by atoms with van der Waals surface area (Å²) in [5.41, 5.74) is 1.05. The van der Waals surface area contributed by atoms with Crippen molar-refractivity contribution < 1.29 is 19.4 Å². The molecule has 0 spiro atoms. The maximum absolute atomic E-state index is 13.3. The first kappa shape index (κ1) is 22.8. The molecule has 2 aromatic rings. The van der Waals surface area contributed by atoms with Gasteiger partial charge >= 0.3 is 5.97 Å². The quantitative estimate of drug-likeness (QED) is 0.365. The van der Waals surface area contributed by atoms with E-state index in [4.69, 9.17) is 9.84 Å². The van der Waals surface area contributed by atoms with Gasteiger partial charge in [0.25, 0.3) is 5.91 Å². The van der Waals surface area contributed by atoms with Crippen molar-refractivity contribution in [2.75, 3.05) is 7.11 Å². The number of hydrogen-bond acceptors (Lipinski definition) is 4. The molecule has 6 heteroatoms. The van der Waals surface area contributed by atoms with E-state index in [0.29, 0.717) is 29.6 Å². The number of benzene rings is 1. The van der Waals surface area contributed by atoms with E-state index in [9.17, 15) is 9.59 Å². The molecule has 1 aromatic carbocycles. The Kier molecular flexibility index (Phi) is 6.61. The Balaban J connectivity index is 1.46. The molecule has 1 amide bonds. The molecule has 3 aliphatic carbocycles. The molecule has 32 heavy (non-hydrogen) atoms. The van der Waals surface area contributed by atoms with Crippen LogP contribution in [0.1, 0.15) is 62.7 Å². The van der Waals surface area contributed by atoms with E-state index in [0.717, 1.165) is 40.7 Å². The Bertz CT molecular complexity index is 1020. The van der Waals surface area contributed by atoms with Crippen molar-refractivity contribution in [2.24, 2.45) is 23.2 Å². The number of aliphatic carboxylic acids is 1. The number of thiophene rings is 1. The van der Waals surface area contributed by atoms with Crippen LogP contribution in [-0.2, 0) is 4.79 Å². The zero-order chi connectivity index (χ0) is 22.9. The maximum atomic E-state index is 13.3. The summed E-state index contributed by atoms with van der Waals surface area (Å²) in [6, 6.07) is 6.05. The first-order chi connectivity index (χ1) is 15.3. The number of carboxylic acid groups (broad SMARTS) is 1. The molecule has 2 N–H and O–H groups in total. The van der Waals surface area contributed by atoms with Gasteiger partial charge in [0.05, 0.1) is 12.7 Å². The van der Waals surface area contributed by atoms with Crippen molar-refractivity contribution in [3.05, 3.63) is 41.3 Å². The first-order valence-corrected chi connectivity index (χ1v) is 12.4. The third-order valence-corrected chi connectivity index (χ3v) is 8.76. The standard InChI is InChI=1S/C26H33NO4S/c1-26(2)16-12-21(26)18(8-6-4-5-7-9-24(28)29)22(13-16)27-25(30)20-15-32-23-11-10-17(31-3)14-19(20)23/h4,6,10-11,14-16,18,21-22H,5,7-9,12-13H2,1-3H3,(H,27,30)(H,28,29)/t16-,18-,21+,22-/m1/s1. The minimum Gasteiger partial charge on any atom is -0.497 e. The minimum absolute atomic E-state index is 0.00375. The number of methoxy groups -OCH3 is 1. The molecular formula is C26H33NO4S. The van der Waals surface area contributed by atoms with Gasteiger partial charge in [-0.2, -0.15) is 0 Å². The van der Waals surface area contributed by atoms with Crippen LogP contribution >= 0.6 is 11.3 Å². The van der Waals surface area contributed by atoms with Gasteiger partial charge in [-0.1, -0.05) is 26.0 Å². The van der Waals surface area contributed by atoms with Crippen LogP contribution in [0.4, 0.5) is 0 Å². The SMILES string of the molecule is COc1ccc2scc(C(=O)N[C@@H]3C[C@H]4C[C@@H]([C@H]3CC=CCCCC(=O)O)C4(C)C)c2c1. The molecule has 5 rings (SSSR count). The Labute approximate surface area is 193 Å². The number of carbonyl (C=O) groups is 2. The highest BCUT2D eigenvalue weighted by Crippen LogP contribution is 2.62. The highest BCUT2D eigenvalue weighted by atomic mass is 32.1. The van der Waals surface area contributed by atoms with Crippen molar-refractivity contribution in [3.8, 4) is 5.75 Å².